The van der Waals surface area contributed by atoms with E-state index in [0.29, 0.717) is 0 Å². The summed E-state index contributed by atoms with van der Waals surface area (Å²) in [4.78, 5) is 3.80. The third-order valence-electron chi connectivity index (χ3n) is 2.01. The van der Waals surface area contributed by atoms with Crippen LogP contribution in [-0.4, -0.2) is 4.98 Å². The van der Waals surface area contributed by atoms with Crippen LogP contribution >= 0.6 is 11.6 Å². The molecule has 0 aliphatic heterocycles. The molecule has 1 aromatic carbocycles. The van der Waals surface area contributed by atoms with Crippen LogP contribution in [0, 0.1) is 17.1 Å². The molecule has 0 aliphatic rings. The van der Waals surface area contributed by atoms with E-state index >= 15 is 0 Å². The smallest absolute Gasteiger partial charge is 0.184 e. The van der Waals surface area contributed by atoms with Crippen molar-refractivity contribution >= 4 is 11.6 Å². The van der Waals surface area contributed by atoms with Crippen molar-refractivity contribution in [2.24, 2.45) is 0 Å². The Hall–Kier alpha value is -2.12. The van der Waals surface area contributed by atoms with Gasteiger partial charge in [0.25, 0.3) is 0 Å². The predicted molar refractivity (Wildman–Crippen MR) is 60.4 cm³/mol. The lowest BCUT2D eigenvalue weighted by Gasteiger charge is -2.07. The fourth-order valence-corrected chi connectivity index (χ4v) is 1.40. The minimum Gasteiger partial charge on any atom is -0.451 e. The number of benzene rings is 1. The highest BCUT2D eigenvalue weighted by molar-refractivity contribution is 6.30. The van der Waals surface area contributed by atoms with Crippen LogP contribution < -0.4 is 4.74 Å². The number of rotatable bonds is 2. The largest absolute Gasteiger partial charge is 0.451 e. The molecule has 2 aromatic rings. The average molecular weight is 249 g/mol. The second-order valence-electron chi connectivity index (χ2n) is 3.12. The van der Waals surface area contributed by atoms with Crippen LogP contribution in [0.2, 0.25) is 5.02 Å². The van der Waals surface area contributed by atoms with Crippen molar-refractivity contribution in [3.8, 4) is 17.6 Å². The topological polar surface area (TPSA) is 45.9 Å². The van der Waals surface area contributed by atoms with Gasteiger partial charge in [-0.1, -0.05) is 17.7 Å². The second-order valence-corrected chi connectivity index (χ2v) is 3.52. The van der Waals surface area contributed by atoms with Gasteiger partial charge in [0.15, 0.2) is 23.0 Å². The molecule has 0 atom stereocenters. The zero-order valence-corrected chi connectivity index (χ0v) is 9.28. The van der Waals surface area contributed by atoms with E-state index in [2.05, 4.69) is 4.98 Å². The van der Waals surface area contributed by atoms with Crippen molar-refractivity contribution in [2.45, 2.75) is 0 Å². The van der Waals surface area contributed by atoms with Gasteiger partial charge in [0.1, 0.15) is 6.07 Å². The number of ether oxygens (including phenoxy) is 1. The third kappa shape index (κ3) is 2.35. The number of hydrogen-bond donors (Lipinski definition) is 0. The number of nitrogens with zero attached hydrogens (tertiary/aromatic N) is 2. The maximum absolute atomic E-state index is 13.6. The quantitative estimate of drug-likeness (QED) is 0.817. The van der Waals surface area contributed by atoms with Crippen LogP contribution in [0.1, 0.15) is 5.69 Å². The van der Waals surface area contributed by atoms with Gasteiger partial charge in [0, 0.05) is 6.20 Å². The van der Waals surface area contributed by atoms with Gasteiger partial charge in [-0.2, -0.15) is 5.26 Å². The van der Waals surface area contributed by atoms with Crippen molar-refractivity contribution in [2.75, 3.05) is 0 Å². The Balaban J connectivity index is 2.39. The molecule has 3 nitrogen and oxygen atoms in total. The van der Waals surface area contributed by atoms with E-state index in [1.54, 1.807) is 12.1 Å². The minimum absolute atomic E-state index is 0.0371. The lowest BCUT2D eigenvalue weighted by Crippen LogP contribution is -1.93. The fraction of sp³-hybridized carbons (Fsp3) is 0. The lowest BCUT2D eigenvalue weighted by atomic mass is 10.3. The molecule has 0 spiro atoms. The number of halogens is 2. The molecular formula is C12H6ClFN2O. The Kier molecular flexibility index (Phi) is 3.22. The summed E-state index contributed by atoms with van der Waals surface area (Å²) in [6, 6.07) is 9.39. The van der Waals surface area contributed by atoms with Gasteiger partial charge in [-0.15, -0.1) is 0 Å². The van der Waals surface area contributed by atoms with Crippen LogP contribution in [0.15, 0.2) is 36.5 Å². The Morgan fingerprint density at radius 2 is 2.00 bits per heavy atom. The Bertz CT molecular complexity index is 595. The molecule has 5 heteroatoms. The summed E-state index contributed by atoms with van der Waals surface area (Å²) in [5, 5.41) is 8.77. The highest BCUT2D eigenvalue weighted by Crippen LogP contribution is 2.29. The van der Waals surface area contributed by atoms with Gasteiger partial charge >= 0.3 is 0 Å². The van der Waals surface area contributed by atoms with Crippen LogP contribution in [0.5, 0.6) is 11.5 Å². The summed E-state index contributed by atoms with van der Waals surface area (Å²) in [6.07, 6.45) is 1.46. The Labute approximate surface area is 102 Å². The van der Waals surface area contributed by atoms with Gasteiger partial charge in [-0.05, 0) is 24.3 Å². The second kappa shape index (κ2) is 4.81. The standard InChI is InChI=1S/C12H6ClFN2O/c13-8-3-1-4-11(12(8)14)17-10-5-2-6-16-9(10)7-15/h1-6H. The summed E-state index contributed by atoms with van der Waals surface area (Å²) in [7, 11) is 0. The van der Waals surface area contributed by atoms with Crippen LogP contribution in [0.4, 0.5) is 4.39 Å². The first-order valence-electron chi connectivity index (χ1n) is 4.69. The molecule has 1 heterocycles. The molecule has 0 bridgehead atoms. The molecule has 0 aliphatic carbocycles. The normalized spacial score (nSPS) is 9.71. The van der Waals surface area contributed by atoms with E-state index in [0.717, 1.165) is 0 Å². The van der Waals surface area contributed by atoms with Crippen molar-refractivity contribution in [3.63, 3.8) is 0 Å². The zero-order valence-electron chi connectivity index (χ0n) is 8.52. The first-order chi connectivity index (χ1) is 8.22. The van der Waals surface area contributed by atoms with Gasteiger partial charge < -0.3 is 4.74 Å². The average Bonchev–Trinajstić information content (AvgIpc) is 2.35. The maximum Gasteiger partial charge on any atom is 0.184 e. The van der Waals surface area contributed by atoms with E-state index in [-0.39, 0.29) is 22.2 Å². The monoisotopic (exact) mass is 248 g/mol. The molecule has 17 heavy (non-hydrogen) atoms. The molecular weight excluding hydrogens is 243 g/mol. The summed E-state index contributed by atoms with van der Waals surface area (Å²) in [5.74, 6) is -0.514. The molecule has 0 radical (unpaired) electrons. The zero-order chi connectivity index (χ0) is 12.3. The van der Waals surface area contributed by atoms with Crippen LogP contribution in [0.3, 0.4) is 0 Å². The number of pyridine rings is 1. The summed E-state index contributed by atoms with van der Waals surface area (Å²) >= 11 is 5.62. The van der Waals surface area contributed by atoms with Gasteiger partial charge in [0.2, 0.25) is 0 Å². The van der Waals surface area contributed by atoms with E-state index < -0.39 is 5.82 Å². The van der Waals surface area contributed by atoms with Crippen molar-refractivity contribution < 1.29 is 9.13 Å². The van der Waals surface area contributed by atoms with E-state index in [1.165, 1.54) is 24.4 Å². The molecule has 0 fully saturated rings. The first kappa shape index (κ1) is 11.4. The van der Waals surface area contributed by atoms with Crippen molar-refractivity contribution in [1.82, 2.24) is 4.98 Å². The molecule has 2 rings (SSSR count). The molecule has 0 saturated heterocycles. The molecule has 0 amide bonds. The Morgan fingerprint density at radius 3 is 2.76 bits per heavy atom. The van der Waals surface area contributed by atoms with Crippen molar-refractivity contribution in [1.29, 1.82) is 5.26 Å². The highest BCUT2D eigenvalue weighted by atomic mass is 35.5. The van der Waals surface area contributed by atoms with E-state index in [9.17, 15) is 4.39 Å². The molecule has 84 valence electrons. The fourth-order valence-electron chi connectivity index (χ4n) is 1.24. The minimum atomic E-state index is -0.665. The van der Waals surface area contributed by atoms with Gasteiger partial charge in [-0.25, -0.2) is 9.37 Å². The summed E-state index contributed by atoms with van der Waals surface area (Å²) in [5.41, 5.74) is 0.0897. The molecule has 0 N–H and O–H groups in total. The SMILES string of the molecule is N#Cc1ncccc1Oc1cccc(Cl)c1F. The van der Waals surface area contributed by atoms with E-state index in [4.69, 9.17) is 21.6 Å². The van der Waals surface area contributed by atoms with Gasteiger partial charge in [-0.3, -0.25) is 0 Å². The van der Waals surface area contributed by atoms with Gasteiger partial charge in [0.05, 0.1) is 5.02 Å². The van der Waals surface area contributed by atoms with Crippen LogP contribution in [-0.2, 0) is 0 Å². The summed E-state index contributed by atoms with van der Waals surface area (Å²) < 4.78 is 18.8. The maximum atomic E-state index is 13.6. The molecule has 0 unspecified atom stereocenters. The predicted octanol–water partition coefficient (Wildman–Crippen LogP) is 3.54. The molecule has 0 saturated carbocycles. The molecule has 1 aromatic heterocycles. The Morgan fingerprint density at radius 1 is 1.24 bits per heavy atom. The highest BCUT2D eigenvalue weighted by Gasteiger charge is 2.11. The number of hydrogen-bond acceptors (Lipinski definition) is 3. The van der Waals surface area contributed by atoms with E-state index in [1.807, 2.05) is 6.07 Å². The number of nitriles is 1. The third-order valence-corrected chi connectivity index (χ3v) is 2.30. The number of aromatic nitrogens is 1. The first-order valence-corrected chi connectivity index (χ1v) is 5.07. The summed E-state index contributed by atoms with van der Waals surface area (Å²) in [6.45, 7) is 0. The van der Waals surface area contributed by atoms with Crippen LogP contribution in [0.25, 0.3) is 0 Å². The lowest BCUT2D eigenvalue weighted by molar-refractivity contribution is 0.439. The van der Waals surface area contributed by atoms with Crippen molar-refractivity contribution in [3.05, 3.63) is 53.1 Å².